The van der Waals surface area contributed by atoms with Gasteiger partial charge in [0, 0.05) is 12.0 Å². The summed E-state index contributed by atoms with van der Waals surface area (Å²) in [5.74, 6) is 0.366. The summed E-state index contributed by atoms with van der Waals surface area (Å²) in [5, 5.41) is 10.6. The molecule has 0 aromatic carbocycles. The van der Waals surface area contributed by atoms with Gasteiger partial charge in [-0.15, -0.1) is 10.2 Å². The third-order valence-corrected chi connectivity index (χ3v) is 2.42. The zero-order valence-electron chi connectivity index (χ0n) is 10.7. The Morgan fingerprint density at radius 2 is 2.00 bits per heavy atom. The Hall–Kier alpha value is -2.19. The summed E-state index contributed by atoms with van der Waals surface area (Å²) in [6, 6.07) is 1.43. The topological polar surface area (TPSA) is 73.8 Å². The minimum atomic E-state index is -4.62. The van der Waals surface area contributed by atoms with Gasteiger partial charge in [-0.3, -0.25) is 4.79 Å². The predicted molar refractivity (Wildman–Crippen MR) is 61.0 cm³/mol. The first-order chi connectivity index (χ1) is 9.27. The summed E-state index contributed by atoms with van der Waals surface area (Å²) in [5.41, 5.74) is -1.83. The molecule has 20 heavy (non-hydrogen) atoms. The molecule has 2 rings (SSSR count). The molecule has 0 unspecified atom stereocenters. The number of rotatable bonds is 3. The number of alkyl halides is 3. The van der Waals surface area contributed by atoms with Gasteiger partial charge in [0.2, 0.25) is 11.8 Å². The lowest BCUT2D eigenvalue weighted by molar-refractivity contribution is -0.142. The summed E-state index contributed by atoms with van der Waals surface area (Å²) < 4.78 is 43.4. The van der Waals surface area contributed by atoms with Gasteiger partial charge < -0.3 is 4.42 Å². The molecule has 2 aromatic rings. The highest BCUT2D eigenvalue weighted by Crippen LogP contribution is 2.26. The van der Waals surface area contributed by atoms with Crippen LogP contribution in [0.1, 0.15) is 37.2 Å². The molecule has 0 bridgehead atoms. The second kappa shape index (κ2) is 5.06. The lowest BCUT2D eigenvalue weighted by Gasteiger charge is -2.07. The molecule has 0 radical (unpaired) electrons. The molecule has 0 saturated carbocycles. The molecule has 0 aliphatic carbocycles. The Morgan fingerprint density at radius 3 is 2.55 bits per heavy atom. The maximum Gasteiger partial charge on any atom is 0.435 e. The lowest BCUT2D eigenvalue weighted by atomic mass is 10.2. The van der Waals surface area contributed by atoms with E-state index in [4.69, 9.17) is 4.42 Å². The van der Waals surface area contributed by atoms with E-state index in [1.807, 2.05) is 13.8 Å². The van der Waals surface area contributed by atoms with Crippen molar-refractivity contribution < 1.29 is 17.6 Å². The summed E-state index contributed by atoms with van der Waals surface area (Å²) in [7, 11) is 0. The van der Waals surface area contributed by atoms with Crippen molar-refractivity contribution >= 4 is 0 Å². The molecule has 0 aliphatic heterocycles. The van der Waals surface area contributed by atoms with Gasteiger partial charge in [0.25, 0.3) is 5.56 Å². The van der Waals surface area contributed by atoms with Crippen LogP contribution < -0.4 is 5.56 Å². The molecule has 9 heteroatoms. The predicted octanol–water partition coefficient (Wildman–Crippen LogP) is 1.82. The Bertz CT molecular complexity index is 660. The second-order valence-electron chi connectivity index (χ2n) is 4.40. The molecule has 2 aromatic heterocycles. The zero-order chi connectivity index (χ0) is 14.9. The zero-order valence-corrected chi connectivity index (χ0v) is 10.7. The molecule has 6 nitrogen and oxygen atoms in total. The smallest absolute Gasteiger partial charge is 0.423 e. The van der Waals surface area contributed by atoms with Crippen LogP contribution in [0.15, 0.2) is 21.3 Å². The van der Waals surface area contributed by atoms with Crippen LogP contribution in [0.4, 0.5) is 13.2 Å². The minimum Gasteiger partial charge on any atom is -0.423 e. The first-order valence-electron chi connectivity index (χ1n) is 5.75. The maximum atomic E-state index is 12.5. The van der Waals surface area contributed by atoms with Gasteiger partial charge in [-0.2, -0.15) is 18.3 Å². The molecule has 0 saturated heterocycles. The lowest BCUT2D eigenvalue weighted by Crippen LogP contribution is -2.26. The molecule has 108 valence electrons. The van der Waals surface area contributed by atoms with E-state index < -0.39 is 17.4 Å². The fraction of sp³-hybridized carbons (Fsp3) is 0.455. The fourth-order valence-corrected chi connectivity index (χ4v) is 1.41. The molecule has 0 aliphatic rings. The molecule has 0 amide bonds. The van der Waals surface area contributed by atoms with Crippen molar-refractivity contribution in [2.24, 2.45) is 0 Å². The number of halogens is 3. The van der Waals surface area contributed by atoms with Crippen LogP contribution >= 0.6 is 0 Å². The summed E-state index contributed by atoms with van der Waals surface area (Å²) in [6.45, 7) is 3.35. The second-order valence-corrected chi connectivity index (χ2v) is 4.40. The Balaban J connectivity index is 2.30. The van der Waals surface area contributed by atoms with Gasteiger partial charge in [-0.05, 0) is 6.07 Å². The normalized spacial score (nSPS) is 12.1. The molecule has 0 spiro atoms. The number of hydrogen-bond acceptors (Lipinski definition) is 5. The van der Waals surface area contributed by atoms with Gasteiger partial charge in [0.05, 0.1) is 0 Å². The van der Waals surface area contributed by atoms with E-state index in [0.717, 1.165) is 6.07 Å². The minimum absolute atomic E-state index is 0.0116. The molecular weight excluding hydrogens is 277 g/mol. The number of aromatic nitrogens is 4. The van der Waals surface area contributed by atoms with Crippen LogP contribution in [0.2, 0.25) is 0 Å². The maximum absolute atomic E-state index is 12.5. The first kappa shape index (κ1) is 14.2. The van der Waals surface area contributed by atoms with E-state index in [0.29, 0.717) is 16.6 Å². The average molecular weight is 288 g/mol. The molecular formula is C11H11F3N4O2. The van der Waals surface area contributed by atoms with E-state index in [1.165, 1.54) is 0 Å². The van der Waals surface area contributed by atoms with Gasteiger partial charge >= 0.3 is 6.18 Å². The van der Waals surface area contributed by atoms with Gasteiger partial charge in [-0.25, -0.2) is 4.68 Å². The Morgan fingerprint density at radius 1 is 1.30 bits per heavy atom. The molecule has 0 fully saturated rings. The van der Waals surface area contributed by atoms with Crippen LogP contribution in [-0.4, -0.2) is 20.0 Å². The van der Waals surface area contributed by atoms with E-state index in [2.05, 4.69) is 15.3 Å². The van der Waals surface area contributed by atoms with Crippen LogP contribution in [0, 0.1) is 0 Å². The summed E-state index contributed by atoms with van der Waals surface area (Å²) in [6.07, 6.45) is -4.62. The number of hydrogen-bond donors (Lipinski definition) is 0. The monoisotopic (exact) mass is 288 g/mol. The third kappa shape index (κ3) is 3.03. The summed E-state index contributed by atoms with van der Waals surface area (Å²) >= 11 is 0. The highest BCUT2D eigenvalue weighted by atomic mass is 19.4. The number of nitrogens with zero attached hydrogens (tertiary/aromatic N) is 4. The third-order valence-electron chi connectivity index (χ3n) is 2.42. The quantitative estimate of drug-likeness (QED) is 0.861. The standard InChI is InChI=1S/C11H11F3N4O2/c1-6(2)10-16-15-8(20-10)5-18-9(19)4-3-7(17-18)11(12,13)14/h3-4,6H,5H2,1-2H3. The first-order valence-corrected chi connectivity index (χ1v) is 5.75. The van der Waals surface area contributed by atoms with Crippen LogP contribution in [-0.2, 0) is 12.7 Å². The Labute approximate surface area is 111 Å². The van der Waals surface area contributed by atoms with Crippen molar-refractivity contribution in [2.45, 2.75) is 32.5 Å². The van der Waals surface area contributed by atoms with Crippen molar-refractivity contribution in [3.05, 3.63) is 40.0 Å². The highest BCUT2D eigenvalue weighted by molar-refractivity contribution is 5.04. The summed E-state index contributed by atoms with van der Waals surface area (Å²) in [4.78, 5) is 11.5. The van der Waals surface area contributed by atoms with Crippen molar-refractivity contribution in [3.63, 3.8) is 0 Å². The fourth-order valence-electron chi connectivity index (χ4n) is 1.41. The average Bonchev–Trinajstić information content (AvgIpc) is 2.79. The van der Waals surface area contributed by atoms with E-state index in [-0.39, 0.29) is 18.4 Å². The SMILES string of the molecule is CC(C)c1nnc(Cn2nc(C(F)(F)F)ccc2=O)o1. The van der Waals surface area contributed by atoms with Crippen molar-refractivity contribution in [2.75, 3.05) is 0 Å². The van der Waals surface area contributed by atoms with E-state index >= 15 is 0 Å². The van der Waals surface area contributed by atoms with E-state index in [9.17, 15) is 18.0 Å². The molecule has 0 N–H and O–H groups in total. The van der Waals surface area contributed by atoms with Crippen LogP contribution in [0.3, 0.4) is 0 Å². The van der Waals surface area contributed by atoms with Crippen molar-refractivity contribution in [3.8, 4) is 0 Å². The molecule has 2 heterocycles. The van der Waals surface area contributed by atoms with Crippen molar-refractivity contribution in [1.29, 1.82) is 0 Å². The van der Waals surface area contributed by atoms with Gasteiger partial charge in [0.1, 0.15) is 6.54 Å². The van der Waals surface area contributed by atoms with Crippen LogP contribution in [0.25, 0.3) is 0 Å². The van der Waals surface area contributed by atoms with Gasteiger partial charge in [0.15, 0.2) is 5.69 Å². The van der Waals surface area contributed by atoms with Gasteiger partial charge in [-0.1, -0.05) is 13.8 Å². The van der Waals surface area contributed by atoms with E-state index in [1.54, 1.807) is 0 Å². The van der Waals surface area contributed by atoms with Crippen molar-refractivity contribution in [1.82, 2.24) is 20.0 Å². The Kier molecular flexibility index (Phi) is 3.60. The largest absolute Gasteiger partial charge is 0.435 e. The van der Waals surface area contributed by atoms with Crippen LogP contribution in [0.5, 0.6) is 0 Å². The molecule has 0 atom stereocenters. The highest BCUT2D eigenvalue weighted by Gasteiger charge is 2.33.